The number of amides is 5. The summed E-state index contributed by atoms with van der Waals surface area (Å²) < 4.78 is 2.29. The number of hydrogen-bond donors (Lipinski definition) is 3. The van der Waals surface area contributed by atoms with Crippen molar-refractivity contribution in [1.29, 1.82) is 0 Å². The van der Waals surface area contributed by atoms with Crippen molar-refractivity contribution in [2.24, 2.45) is 11.0 Å². The van der Waals surface area contributed by atoms with Crippen LogP contribution in [0.3, 0.4) is 0 Å². The highest BCUT2D eigenvalue weighted by Gasteiger charge is 2.45. The molecule has 5 aliphatic rings. The fourth-order valence-corrected chi connectivity index (χ4v) is 6.62. The van der Waals surface area contributed by atoms with Crippen molar-refractivity contribution in [3.05, 3.63) is 40.5 Å². The van der Waals surface area contributed by atoms with E-state index >= 15 is 0 Å². The molecule has 5 heterocycles. The topological polar surface area (TPSA) is 124 Å². The van der Waals surface area contributed by atoms with Gasteiger partial charge in [0.05, 0.1) is 11.6 Å². The number of imidazole rings is 1. The highest BCUT2D eigenvalue weighted by atomic mass is 16.2. The Labute approximate surface area is 222 Å². The van der Waals surface area contributed by atoms with Gasteiger partial charge in [0.2, 0.25) is 5.91 Å². The molecule has 1 aliphatic carbocycles. The van der Waals surface area contributed by atoms with Crippen LogP contribution >= 0.6 is 0 Å². The van der Waals surface area contributed by atoms with Crippen LogP contribution in [-0.4, -0.2) is 74.7 Å². The fourth-order valence-electron chi connectivity index (χ4n) is 6.62. The van der Waals surface area contributed by atoms with Crippen molar-refractivity contribution < 1.29 is 14.4 Å². The predicted molar refractivity (Wildman–Crippen MR) is 141 cm³/mol. The second kappa shape index (κ2) is 8.99. The molecule has 11 nitrogen and oxygen atoms in total. The summed E-state index contributed by atoms with van der Waals surface area (Å²) in [5.41, 5.74) is 8.05. The fraction of sp³-hybridized carbons (Fsp3) is 0.593. The van der Waals surface area contributed by atoms with Gasteiger partial charge in [-0.3, -0.25) is 15.5 Å². The van der Waals surface area contributed by atoms with Gasteiger partial charge < -0.3 is 19.7 Å². The van der Waals surface area contributed by atoms with E-state index in [0.717, 1.165) is 18.1 Å². The highest BCUT2D eigenvalue weighted by Crippen LogP contribution is 2.44. The second-order valence-electron chi connectivity index (χ2n) is 11.6. The SMILES string of the molecule is CC1=CC2=C(Cn3c(C(C)C)cnc3[C@H](NC(=O)N3CCC(N4CC(=O)NC4=O)CC3)C2)C2C=NNC12C. The minimum atomic E-state index is -0.331. The van der Waals surface area contributed by atoms with Crippen molar-refractivity contribution in [2.75, 3.05) is 19.6 Å². The quantitative estimate of drug-likeness (QED) is 0.528. The number of urea groups is 2. The number of nitrogens with one attached hydrogen (secondary N) is 3. The number of hydrogen-bond acceptors (Lipinski definition) is 6. The van der Waals surface area contributed by atoms with Crippen molar-refractivity contribution >= 4 is 24.2 Å². The number of aromatic nitrogens is 2. The van der Waals surface area contributed by atoms with Crippen molar-refractivity contribution in [2.45, 2.75) is 77.0 Å². The van der Waals surface area contributed by atoms with Crippen LogP contribution in [-0.2, 0) is 11.3 Å². The lowest BCUT2D eigenvalue weighted by molar-refractivity contribution is -0.118. The molecule has 2 fully saturated rings. The molecule has 1 aromatic heterocycles. The van der Waals surface area contributed by atoms with Crippen LogP contribution in [0.25, 0.3) is 0 Å². The van der Waals surface area contributed by atoms with Crippen LogP contribution in [0.1, 0.15) is 70.4 Å². The van der Waals surface area contributed by atoms with Gasteiger partial charge in [0.1, 0.15) is 12.4 Å². The minimum Gasteiger partial charge on any atom is -0.328 e. The molecule has 6 rings (SSSR count). The van der Waals surface area contributed by atoms with Gasteiger partial charge in [-0.05, 0) is 55.7 Å². The van der Waals surface area contributed by atoms with Crippen LogP contribution in [0.15, 0.2) is 34.1 Å². The number of piperidine rings is 1. The molecule has 3 N–H and O–H groups in total. The molecule has 2 unspecified atom stereocenters. The molecule has 202 valence electrons. The minimum absolute atomic E-state index is 0.0325. The summed E-state index contributed by atoms with van der Waals surface area (Å²) in [5.74, 6) is 1.07. The number of carbonyl (C=O) groups excluding carboxylic acids is 3. The maximum atomic E-state index is 13.5. The number of rotatable bonds is 3. The summed E-state index contributed by atoms with van der Waals surface area (Å²) >= 11 is 0. The first kappa shape index (κ1) is 24.7. The average Bonchev–Trinajstić information content (AvgIpc) is 3.55. The number of allylic oxidation sites excluding steroid dienone is 1. The number of imide groups is 1. The number of hydrazone groups is 1. The summed E-state index contributed by atoms with van der Waals surface area (Å²) in [4.78, 5) is 45.4. The Balaban J connectivity index is 1.23. The predicted octanol–water partition coefficient (Wildman–Crippen LogP) is 2.40. The Bertz CT molecular complexity index is 1290. The molecule has 4 aliphatic heterocycles. The third-order valence-corrected chi connectivity index (χ3v) is 9.02. The van der Waals surface area contributed by atoms with Gasteiger partial charge in [0.25, 0.3) is 0 Å². The molecule has 1 aromatic rings. The second-order valence-corrected chi connectivity index (χ2v) is 11.6. The lowest BCUT2D eigenvalue weighted by atomic mass is 9.71. The first-order chi connectivity index (χ1) is 18.2. The van der Waals surface area contributed by atoms with Crippen LogP contribution in [0.5, 0.6) is 0 Å². The van der Waals surface area contributed by atoms with Crippen molar-refractivity contribution in [3.8, 4) is 0 Å². The first-order valence-corrected chi connectivity index (χ1v) is 13.6. The molecule has 0 bridgehead atoms. The van der Waals surface area contributed by atoms with Crippen molar-refractivity contribution in [3.63, 3.8) is 0 Å². The van der Waals surface area contributed by atoms with E-state index in [4.69, 9.17) is 4.98 Å². The molecule has 2 saturated heterocycles. The monoisotopic (exact) mass is 520 g/mol. The van der Waals surface area contributed by atoms with Gasteiger partial charge in [0, 0.05) is 49.7 Å². The van der Waals surface area contributed by atoms with Gasteiger partial charge in [-0.2, -0.15) is 5.10 Å². The van der Waals surface area contributed by atoms with Crippen LogP contribution in [0.2, 0.25) is 0 Å². The maximum absolute atomic E-state index is 13.5. The normalized spacial score (nSPS) is 29.0. The van der Waals surface area contributed by atoms with E-state index in [1.165, 1.54) is 16.7 Å². The van der Waals surface area contributed by atoms with E-state index in [-0.39, 0.29) is 48.1 Å². The van der Waals surface area contributed by atoms with Gasteiger partial charge in [-0.1, -0.05) is 19.9 Å². The summed E-state index contributed by atoms with van der Waals surface area (Å²) in [5, 5.41) is 10.1. The Morgan fingerprint density at radius 3 is 2.66 bits per heavy atom. The summed E-state index contributed by atoms with van der Waals surface area (Å²) in [7, 11) is 0. The Hall–Kier alpha value is -3.63. The van der Waals surface area contributed by atoms with Crippen LogP contribution < -0.4 is 16.1 Å². The van der Waals surface area contributed by atoms with Gasteiger partial charge >= 0.3 is 12.1 Å². The molecule has 11 heteroatoms. The summed E-state index contributed by atoms with van der Waals surface area (Å²) in [6.45, 7) is 10.6. The van der Waals surface area contributed by atoms with E-state index in [1.807, 2.05) is 17.3 Å². The number of likely N-dealkylation sites (tertiary alicyclic amines) is 1. The Kier molecular flexibility index (Phi) is 5.84. The lowest BCUT2D eigenvalue weighted by Crippen LogP contribution is -2.50. The van der Waals surface area contributed by atoms with E-state index in [0.29, 0.717) is 38.3 Å². The van der Waals surface area contributed by atoms with Gasteiger partial charge in [-0.15, -0.1) is 0 Å². The molecule has 38 heavy (non-hydrogen) atoms. The first-order valence-electron chi connectivity index (χ1n) is 13.6. The van der Waals surface area contributed by atoms with Gasteiger partial charge in [0.15, 0.2) is 0 Å². The summed E-state index contributed by atoms with van der Waals surface area (Å²) in [6.07, 6.45) is 8.20. The molecule has 5 amide bonds. The molecular formula is C27H36N8O3. The highest BCUT2D eigenvalue weighted by molar-refractivity contribution is 6.02. The standard InChI is InChI=1S/C27H36N8O3/c1-15(2)22-12-28-24-21(10-17-9-16(3)27(4)20(11-29-32-27)19(17)13-35(22)24)30-25(37)33-7-5-18(6-8-33)34-14-23(36)31-26(34)38/h9,11-12,15,18,20-21,32H,5-8,10,13-14H2,1-4H3,(H,30,37)(H,31,36,38)/t20?,21-,27?/m1/s1. The number of carbonyl (C=O) groups is 3. The number of nitrogens with zero attached hydrogens (tertiary/aromatic N) is 5. The van der Waals surface area contributed by atoms with Gasteiger partial charge in [-0.25, -0.2) is 14.6 Å². The van der Waals surface area contributed by atoms with E-state index in [9.17, 15) is 14.4 Å². The molecule has 0 aromatic carbocycles. The third-order valence-electron chi connectivity index (χ3n) is 9.02. The molecule has 0 saturated carbocycles. The van der Waals surface area contributed by atoms with Crippen LogP contribution in [0, 0.1) is 5.92 Å². The van der Waals surface area contributed by atoms with E-state index in [1.54, 1.807) is 4.90 Å². The van der Waals surface area contributed by atoms with E-state index < -0.39 is 0 Å². The zero-order chi connectivity index (χ0) is 26.8. The van der Waals surface area contributed by atoms with Crippen molar-refractivity contribution in [1.82, 2.24) is 35.4 Å². The zero-order valence-electron chi connectivity index (χ0n) is 22.5. The Morgan fingerprint density at radius 2 is 1.97 bits per heavy atom. The maximum Gasteiger partial charge on any atom is 0.324 e. The third kappa shape index (κ3) is 3.90. The largest absolute Gasteiger partial charge is 0.328 e. The lowest BCUT2D eigenvalue weighted by Gasteiger charge is -2.38. The molecule has 0 radical (unpaired) electrons. The number of fused-ring (bicyclic) bond motifs is 3. The van der Waals surface area contributed by atoms with E-state index in [2.05, 4.69) is 59.5 Å². The molecule has 3 atom stereocenters. The summed E-state index contributed by atoms with van der Waals surface area (Å²) in [6, 6.07) is -0.745. The Morgan fingerprint density at radius 1 is 1.21 bits per heavy atom. The molecule has 0 spiro atoms. The average molecular weight is 521 g/mol. The smallest absolute Gasteiger partial charge is 0.324 e. The zero-order valence-corrected chi connectivity index (χ0v) is 22.5. The molecular weight excluding hydrogens is 484 g/mol. The van der Waals surface area contributed by atoms with Crippen LogP contribution in [0.4, 0.5) is 9.59 Å².